The number of amides is 2. The van der Waals surface area contributed by atoms with Crippen molar-refractivity contribution in [2.24, 2.45) is 0 Å². The molecular weight excluding hydrogens is 266 g/mol. The lowest BCUT2D eigenvalue weighted by Gasteiger charge is -2.30. The minimum atomic E-state index is -0.632. The molecule has 0 heterocycles. The number of nitrogens with one attached hydrogen (secondary N) is 1. The molecule has 110 valence electrons. The molecule has 0 aromatic heterocycles. The largest absolute Gasteiger partial charge is 0.335 e. The lowest BCUT2D eigenvalue weighted by atomic mass is 9.94. The number of rotatable bonds is 2. The van der Waals surface area contributed by atoms with Crippen LogP contribution in [0.25, 0.3) is 0 Å². The minimum absolute atomic E-state index is 0.165. The number of nitriles is 1. The van der Waals surface area contributed by atoms with Gasteiger partial charge in [0.2, 0.25) is 0 Å². The Morgan fingerprint density at radius 1 is 1.19 bits per heavy atom. The van der Waals surface area contributed by atoms with Gasteiger partial charge in [0.15, 0.2) is 0 Å². The molecule has 2 rings (SSSR count). The Morgan fingerprint density at radius 2 is 1.81 bits per heavy atom. The minimum Gasteiger partial charge on any atom is -0.335 e. The first-order chi connectivity index (χ1) is 10.1. The third kappa shape index (κ3) is 3.82. The second-order valence-corrected chi connectivity index (χ2v) is 5.35. The number of anilines is 1. The molecule has 1 aromatic carbocycles. The second-order valence-electron chi connectivity index (χ2n) is 5.35. The van der Waals surface area contributed by atoms with Crippen molar-refractivity contribution in [1.29, 1.82) is 5.26 Å². The van der Waals surface area contributed by atoms with E-state index in [1.165, 1.54) is 6.42 Å². The van der Waals surface area contributed by atoms with Gasteiger partial charge in [-0.05, 0) is 37.1 Å². The van der Waals surface area contributed by atoms with Crippen LogP contribution < -0.4 is 5.32 Å². The van der Waals surface area contributed by atoms with E-state index in [0.717, 1.165) is 25.7 Å². The first-order valence-electron chi connectivity index (χ1n) is 7.20. The number of hydrogen-bond acceptors (Lipinski definition) is 3. The second kappa shape index (κ2) is 6.89. The van der Waals surface area contributed by atoms with Crippen molar-refractivity contribution in [1.82, 2.24) is 4.90 Å². The van der Waals surface area contributed by atoms with Crippen LogP contribution >= 0.6 is 0 Å². The van der Waals surface area contributed by atoms with Crippen LogP contribution in [-0.2, 0) is 9.59 Å². The molecule has 0 unspecified atom stereocenters. The molecule has 0 spiro atoms. The van der Waals surface area contributed by atoms with Gasteiger partial charge in [-0.3, -0.25) is 9.59 Å². The Bertz CT molecular complexity index is 554. The highest BCUT2D eigenvalue weighted by Crippen LogP contribution is 2.21. The van der Waals surface area contributed by atoms with Crippen LogP contribution in [-0.4, -0.2) is 29.8 Å². The van der Waals surface area contributed by atoms with Crippen LogP contribution in [0.3, 0.4) is 0 Å². The number of carbonyl (C=O) groups is 2. The number of likely N-dealkylation sites (N-methyl/N-ethyl adjacent to an activating group) is 1. The lowest BCUT2D eigenvalue weighted by molar-refractivity contribution is -0.144. The van der Waals surface area contributed by atoms with Gasteiger partial charge in [0.25, 0.3) is 0 Å². The van der Waals surface area contributed by atoms with E-state index >= 15 is 0 Å². The first kappa shape index (κ1) is 15.0. The van der Waals surface area contributed by atoms with Crippen molar-refractivity contribution in [2.45, 2.75) is 38.1 Å². The van der Waals surface area contributed by atoms with Gasteiger partial charge in [0, 0.05) is 18.8 Å². The fraction of sp³-hybridized carbons (Fsp3) is 0.438. The maximum atomic E-state index is 12.1. The Kier molecular flexibility index (Phi) is 4.94. The Morgan fingerprint density at radius 3 is 2.38 bits per heavy atom. The summed E-state index contributed by atoms with van der Waals surface area (Å²) >= 11 is 0. The predicted molar refractivity (Wildman–Crippen MR) is 79.4 cm³/mol. The first-order valence-corrected chi connectivity index (χ1v) is 7.20. The van der Waals surface area contributed by atoms with Crippen molar-refractivity contribution in [3.8, 4) is 6.07 Å². The molecular formula is C16H19N3O2. The Hall–Kier alpha value is -2.35. The van der Waals surface area contributed by atoms with Gasteiger partial charge >= 0.3 is 11.8 Å². The average Bonchev–Trinajstić information content (AvgIpc) is 2.55. The molecule has 1 aliphatic rings. The molecule has 1 fully saturated rings. The van der Waals surface area contributed by atoms with E-state index in [1.54, 1.807) is 36.2 Å². The summed E-state index contributed by atoms with van der Waals surface area (Å²) in [6.45, 7) is 0. The molecule has 1 N–H and O–H groups in total. The molecule has 0 aliphatic heterocycles. The monoisotopic (exact) mass is 285 g/mol. The summed E-state index contributed by atoms with van der Waals surface area (Å²) in [5, 5.41) is 11.3. The van der Waals surface area contributed by atoms with Crippen molar-refractivity contribution in [3.63, 3.8) is 0 Å². The summed E-state index contributed by atoms with van der Waals surface area (Å²) in [5.74, 6) is -1.14. The molecule has 1 aromatic rings. The van der Waals surface area contributed by atoms with Crippen LogP contribution in [0.2, 0.25) is 0 Å². The van der Waals surface area contributed by atoms with Crippen molar-refractivity contribution in [3.05, 3.63) is 29.8 Å². The fourth-order valence-corrected chi connectivity index (χ4v) is 2.61. The van der Waals surface area contributed by atoms with Crippen molar-refractivity contribution >= 4 is 17.5 Å². The molecule has 21 heavy (non-hydrogen) atoms. The zero-order valence-electron chi connectivity index (χ0n) is 12.1. The number of hydrogen-bond donors (Lipinski definition) is 1. The van der Waals surface area contributed by atoms with E-state index in [4.69, 9.17) is 5.26 Å². The van der Waals surface area contributed by atoms with Gasteiger partial charge < -0.3 is 10.2 Å². The van der Waals surface area contributed by atoms with Gasteiger partial charge in [-0.1, -0.05) is 19.3 Å². The molecule has 1 aliphatic carbocycles. The average molecular weight is 285 g/mol. The normalized spacial score (nSPS) is 15.0. The Labute approximate surface area is 124 Å². The summed E-state index contributed by atoms with van der Waals surface area (Å²) in [6, 6.07) is 8.60. The van der Waals surface area contributed by atoms with Crippen molar-refractivity contribution in [2.75, 3.05) is 12.4 Å². The predicted octanol–water partition coefficient (Wildman–Crippen LogP) is 2.29. The van der Waals surface area contributed by atoms with Crippen LogP contribution in [0, 0.1) is 11.3 Å². The molecule has 0 atom stereocenters. The molecule has 0 saturated heterocycles. The van der Waals surface area contributed by atoms with Gasteiger partial charge in [0.05, 0.1) is 11.6 Å². The molecule has 0 bridgehead atoms. The highest BCUT2D eigenvalue weighted by atomic mass is 16.2. The standard InChI is InChI=1S/C16H19N3O2/c1-19(14-5-3-2-4-6-14)16(21)15(20)18-13-9-7-12(11-17)8-10-13/h7-10,14H,2-6H2,1H3,(H,18,20). The topological polar surface area (TPSA) is 73.2 Å². The van der Waals surface area contributed by atoms with E-state index < -0.39 is 11.8 Å². The highest BCUT2D eigenvalue weighted by Gasteiger charge is 2.26. The zero-order valence-corrected chi connectivity index (χ0v) is 12.1. The summed E-state index contributed by atoms with van der Waals surface area (Å²) < 4.78 is 0. The molecule has 5 nitrogen and oxygen atoms in total. The number of carbonyl (C=O) groups excluding carboxylic acids is 2. The van der Waals surface area contributed by atoms with Crippen molar-refractivity contribution < 1.29 is 9.59 Å². The van der Waals surface area contributed by atoms with Gasteiger partial charge in [-0.2, -0.15) is 5.26 Å². The van der Waals surface area contributed by atoms with E-state index in [2.05, 4.69) is 5.32 Å². The third-order valence-corrected chi connectivity index (χ3v) is 3.91. The van der Waals surface area contributed by atoms with Crippen LogP contribution in [0.15, 0.2) is 24.3 Å². The lowest BCUT2D eigenvalue weighted by Crippen LogP contribution is -2.44. The summed E-state index contributed by atoms with van der Waals surface area (Å²) in [5.41, 5.74) is 1.03. The molecule has 2 amide bonds. The SMILES string of the molecule is CN(C(=O)C(=O)Nc1ccc(C#N)cc1)C1CCCCC1. The molecule has 5 heteroatoms. The summed E-state index contributed by atoms with van der Waals surface area (Å²) in [7, 11) is 1.69. The van der Waals surface area contributed by atoms with Gasteiger partial charge in [-0.15, -0.1) is 0 Å². The van der Waals surface area contributed by atoms with E-state index in [-0.39, 0.29) is 6.04 Å². The van der Waals surface area contributed by atoms with E-state index in [1.807, 2.05) is 6.07 Å². The van der Waals surface area contributed by atoms with E-state index in [0.29, 0.717) is 11.3 Å². The fourth-order valence-electron chi connectivity index (χ4n) is 2.61. The smallest absolute Gasteiger partial charge is 0.313 e. The Balaban J connectivity index is 1.95. The molecule has 1 saturated carbocycles. The van der Waals surface area contributed by atoms with Gasteiger partial charge in [0.1, 0.15) is 0 Å². The van der Waals surface area contributed by atoms with Gasteiger partial charge in [-0.25, -0.2) is 0 Å². The number of benzene rings is 1. The summed E-state index contributed by atoms with van der Waals surface area (Å²) in [6.07, 6.45) is 5.35. The maximum Gasteiger partial charge on any atom is 0.313 e. The van der Waals surface area contributed by atoms with Crippen LogP contribution in [0.5, 0.6) is 0 Å². The highest BCUT2D eigenvalue weighted by molar-refractivity contribution is 6.39. The number of nitrogens with zero attached hydrogens (tertiary/aromatic N) is 2. The molecule has 0 radical (unpaired) electrons. The summed E-state index contributed by atoms with van der Waals surface area (Å²) in [4.78, 5) is 25.7. The van der Waals surface area contributed by atoms with Crippen LogP contribution in [0.1, 0.15) is 37.7 Å². The third-order valence-electron chi connectivity index (χ3n) is 3.91. The van der Waals surface area contributed by atoms with Crippen LogP contribution in [0.4, 0.5) is 5.69 Å². The van der Waals surface area contributed by atoms with E-state index in [9.17, 15) is 9.59 Å². The zero-order chi connectivity index (χ0) is 15.2. The quantitative estimate of drug-likeness (QED) is 0.847. The maximum absolute atomic E-state index is 12.1.